The van der Waals surface area contributed by atoms with Gasteiger partial charge in [0.05, 0.1) is 0 Å². The molecular formula is C4H10CuO3. The van der Waals surface area contributed by atoms with Crippen molar-refractivity contribution in [3.8, 4) is 0 Å². The van der Waals surface area contributed by atoms with Crippen LogP contribution in [0.4, 0.5) is 0 Å². The Morgan fingerprint density at radius 2 is 1.50 bits per heavy atom. The summed E-state index contributed by atoms with van der Waals surface area (Å²) in [6, 6.07) is 0. The maximum absolute atomic E-state index is 8.69. The second-order valence-electron chi connectivity index (χ2n) is 1.31. The van der Waals surface area contributed by atoms with Gasteiger partial charge in [-0.25, -0.2) is 0 Å². The second-order valence-corrected chi connectivity index (χ2v) is 1.31. The van der Waals surface area contributed by atoms with Gasteiger partial charge in [-0.05, 0) is 0 Å². The maximum Gasteiger partial charge on any atom is 0.276 e. The van der Waals surface area contributed by atoms with Crippen molar-refractivity contribution in [2.24, 2.45) is 0 Å². The van der Waals surface area contributed by atoms with E-state index in [1.807, 2.05) is 0 Å². The zero-order valence-corrected chi connectivity index (χ0v) is 6.01. The van der Waals surface area contributed by atoms with Crippen LogP contribution >= 0.6 is 0 Å². The van der Waals surface area contributed by atoms with E-state index in [9.17, 15) is 0 Å². The van der Waals surface area contributed by atoms with Crippen molar-refractivity contribution in [2.75, 3.05) is 14.2 Å². The molecule has 55 valence electrons. The summed E-state index contributed by atoms with van der Waals surface area (Å²) in [7, 11) is 2.73. The van der Waals surface area contributed by atoms with Gasteiger partial charge >= 0.3 is 0 Å². The number of ether oxygens (including phenoxy) is 2. The normalized spacial score (nSPS) is 10.5. The number of aliphatic hydroxyl groups is 1. The van der Waals surface area contributed by atoms with Crippen molar-refractivity contribution in [3.05, 3.63) is 0 Å². The molecule has 1 radical (unpaired) electrons. The standard InChI is InChI=1S/C4H10O3.Cu/c1-4(5,6-2)7-3;/h5H,1-3H3;. The van der Waals surface area contributed by atoms with Crippen LogP contribution in [-0.2, 0) is 26.5 Å². The van der Waals surface area contributed by atoms with Crippen LogP contribution in [0.5, 0.6) is 0 Å². The fourth-order valence-electron chi connectivity index (χ4n) is 0.0833. The molecule has 0 aromatic heterocycles. The van der Waals surface area contributed by atoms with Gasteiger partial charge in [-0.1, -0.05) is 0 Å². The molecule has 1 N–H and O–H groups in total. The molecule has 0 aliphatic heterocycles. The molecule has 0 aliphatic carbocycles. The first-order valence-electron chi connectivity index (χ1n) is 1.95. The Bertz CT molecular complexity index is 49.2. The van der Waals surface area contributed by atoms with Gasteiger partial charge in [-0.3, -0.25) is 0 Å². The third kappa shape index (κ3) is 4.56. The monoisotopic (exact) mass is 169 g/mol. The summed E-state index contributed by atoms with van der Waals surface area (Å²) >= 11 is 0. The number of hydrogen-bond donors (Lipinski definition) is 1. The summed E-state index contributed by atoms with van der Waals surface area (Å²) < 4.78 is 8.84. The van der Waals surface area contributed by atoms with Crippen LogP contribution in [0.3, 0.4) is 0 Å². The van der Waals surface area contributed by atoms with Crippen LogP contribution < -0.4 is 0 Å². The molecule has 0 rings (SSSR count). The molecule has 0 saturated carbocycles. The predicted octanol–water partition coefficient (Wildman–Crippen LogP) is -0.0573. The molecule has 0 spiro atoms. The van der Waals surface area contributed by atoms with Crippen molar-refractivity contribution in [1.29, 1.82) is 0 Å². The van der Waals surface area contributed by atoms with E-state index in [-0.39, 0.29) is 17.1 Å². The summed E-state index contributed by atoms with van der Waals surface area (Å²) in [5.74, 6) is -1.42. The van der Waals surface area contributed by atoms with Gasteiger partial charge in [0.15, 0.2) is 0 Å². The molecule has 0 atom stereocenters. The minimum absolute atomic E-state index is 0. The summed E-state index contributed by atoms with van der Waals surface area (Å²) in [6.07, 6.45) is 0. The molecule has 0 saturated heterocycles. The third-order valence-corrected chi connectivity index (χ3v) is 0.757. The van der Waals surface area contributed by atoms with Crippen molar-refractivity contribution < 1.29 is 31.6 Å². The molecule has 0 heterocycles. The van der Waals surface area contributed by atoms with E-state index < -0.39 is 5.97 Å². The first kappa shape index (κ1) is 11.2. The zero-order chi connectivity index (χ0) is 5.91. The van der Waals surface area contributed by atoms with E-state index in [0.717, 1.165) is 0 Å². The molecule has 3 nitrogen and oxygen atoms in total. The van der Waals surface area contributed by atoms with Crippen molar-refractivity contribution >= 4 is 0 Å². The van der Waals surface area contributed by atoms with E-state index in [1.165, 1.54) is 21.1 Å². The minimum atomic E-state index is -1.42. The summed E-state index contributed by atoms with van der Waals surface area (Å²) in [4.78, 5) is 0. The van der Waals surface area contributed by atoms with E-state index in [2.05, 4.69) is 9.47 Å². The quantitative estimate of drug-likeness (QED) is 0.465. The third-order valence-electron chi connectivity index (χ3n) is 0.757. The van der Waals surface area contributed by atoms with Gasteiger partial charge in [-0.15, -0.1) is 0 Å². The number of rotatable bonds is 2. The SMILES string of the molecule is COC(C)(O)OC.[Cu]. The van der Waals surface area contributed by atoms with Crippen LogP contribution in [0.1, 0.15) is 6.92 Å². The molecule has 0 aliphatic rings. The molecule has 4 heteroatoms. The Balaban J connectivity index is 0. The van der Waals surface area contributed by atoms with Crippen LogP contribution in [0, 0.1) is 0 Å². The smallest absolute Gasteiger partial charge is 0.276 e. The van der Waals surface area contributed by atoms with Crippen LogP contribution in [-0.4, -0.2) is 25.3 Å². The fourth-order valence-corrected chi connectivity index (χ4v) is 0.0833. The van der Waals surface area contributed by atoms with Gasteiger partial charge in [0.25, 0.3) is 5.97 Å². The Kier molecular flexibility index (Phi) is 6.03. The minimum Gasteiger partial charge on any atom is -0.344 e. The van der Waals surface area contributed by atoms with Crippen LogP contribution in [0.25, 0.3) is 0 Å². The maximum atomic E-state index is 8.69. The molecule has 0 amide bonds. The van der Waals surface area contributed by atoms with E-state index in [4.69, 9.17) is 5.11 Å². The number of hydrogen-bond acceptors (Lipinski definition) is 3. The Morgan fingerprint density at radius 1 is 1.25 bits per heavy atom. The van der Waals surface area contributed by atoms with Gasteiger partial charge in [0.1, 0.15) is 0 Å². The Hall–Kier alpha value is 0.399. The topological polar surface area (TPSA) is 38.7 Å². The molecule has 0 bridgehead atoms. The average Bonchev–Trinajstić information content (AvgIpc) is 1.68. The first-order valence-corrected chi connectivity index (χ1v) is 1.95. The fraction of sp³-hybridized carbons (Fsp3) is 1.00. The van der Waals surface area contributed by atoms with E-state index in [0.29, 0.717) is 0 Å². The number of methoxy groups -OCH3 is 2. The van der Waals surface area contributed by atoms with Gasteiger partial charge in [-0.2, -0.15) is 0 Å². The van der Waals surface area contributed by atoms with Gasteiger partial charge in [0.2, 0.25) is 0 Å². The Morgan fingerprint density at radius 3 is 1.50 bits per heavy atom. The first-order chi connectivity index (χ1) is 3.12. The molecule has 8 heavy (non-hydrogen) atoms. The zero-order valence-electron chi connectivity index (χ0n) is 5.07. The molecule has 0 aromatic carbocycles. The Labute approximate surface area is 59.5 Å². The molecule has 0 fully saturated rings. The molecule has 0 unspecified atom stereocenters. The predicted molar refractivity (Wildman–Crippen MR) is 24.6 cm³/mol. The van der Waals surface area contributed by atoms with Gasteiger partial charge < -0.3 is 14.6 Å². The van der Waals surface area contributed by atoms with Crippen molar-refractivity contribution in [2.45, 2.75) is 12.9 Å². The van der Waals surface area contributed by atoms with E-state index >= 15 is 0 Å². The summed E-state index contributed by atoms with van der Waals surface area (Å²) in [6.45, 7) is 1.41. The average molecular weight is 170 g/mol. The van der Waals surface area contributed by atoms with Crippen LogP contribution in [0.15, 0.2) is 0 Å². The molecule has 0 aromatic rings. The largest absolute Gasteiger partial charge is 0.344 e. The molecular weight excluding hydrogens is 160 g/mol. The van der Waals surface area contributed by atoms with Gasteiger partial charge in [0, 0.05) is 38.2 Å². The summed E-state index contributed by atoms with van der Waals surface area (Å²) in [5, 5.41) is 8.69. The van der Waals surface area contributed by atoms with E-state index in [1.54, 1.807) is 0 Å². The second kappa shape index (κ2) is 4.30. The van der Waals surface area contributed by atoms with Crippen molar-refractivity contribution in [1.82, 2.24) is 0 Å². The summed E-state index contributed by atoms with van der Waals surface area (Å²) in [5.41, 5.74) is 0. The van der Waals surface area contributed by atoms with Crippen LogP contribution in [0.2, 0.25) is 0 Å². The van der Waals surface area contributed by atoms with Crippen molar-refractivity contribution in [3.63, 3.8) is 0 Å².